The quantitative estimate of drug-likeness (QED) is 0.634. The van der Waals surface area contributed by atoms with Crippen molar-refractivity contribution in [2.75, 3.05) is 45.9 Å². The van der Waals surface area contributed by atoms with E-state index in [-0.39, 0.29) is 5.97 Å². The van der Waals surface area contributed by atoms with Crippen LogP contribution in [0, 0.1) is 0 Å². The van der Waals surface area contributed by atoms with Gasteiger partial charge in [0.2, 0.25) is 0 Å². The second kappa shape index (κ2) is 7.63. The van der Waals surface area contributed by atoms with Gasteiger partial charge in [0.15, 0.2) is 0 Å². The molecule has 0 aromatic rings. The molecule has 1 fully saturated rings. The highest BCUT2D eigenvalue weighted by Crippen LogP contribution is 2.03. The maximum absolute atomic E-state index is 11.1. The number of piperazine rings is 1. The number of hydrogen-bond acceptors (Lipinski definition) is 4. The fourth-order valence-electron chi connectivity index (χ4n) is 2.01. The second-order valence-corrected chi connectivity index (χ2v) is 4.18. The Morgan fingerprint density at radius 1 is 1.12 bits per heavy atom. The number of esters is 1. The first-order valence-electron chi connectivity index (χ1n) is 6.36. The molecule has 4 heteroatoms. The molecule has 0 bridgehead atoms. The van der Waals surface area contributed by atoms with Crippen LogP contribution in [0.1, 0.15) is 26.7 Å². The van der Waals surface area contributed by atoms with Gasteiger partial charge < -0.3 is 14.5 Å². The first-order chi connectivity index (χ1) is 7.76. The normalized spacial score (nSPS) is 18.6. The lowest BCUT2D eigenvalue weighted by Crippen LogP contribution is -2.46. The van der Waals surface area contributed by atoms with Gasteiger partial charge in [-0.2, -0.15) is 0 Å². The van der Waals surface area contributed by atoms with Gasteiger partial charge in [-0.3, -0.25) is 4.79 Å². The van der Waals surface area contributed by atoms with E-state index in [4.69, 9.17) is 4.74 Å². The predicted octanol–water partition coefficient (Wildman–Crippen LogP) is 0.967. The maximum Gasteiger partial charge on any atom is 0.305 e. The summed E-state index contributed by atoms with van der Waals surface area (Å²) >= 11 is 0. The molecular weight excluding hydrogens is 204 g/mol. The Bertz CT molecular complexity index is 201. The Hall–Kier alpha value is -0.610. The van der Waals surface area contributed by atoms with Crippen molar-refractivity contribution in [2.45, 2.75) is 26.7 Å². The summed E-state index contributed by atoms with van der Waals surface area (Å²) < 4.78 is 4.90. The van der Waals surface area contributed by atoms with Crippen LogP contribution in [0.3, 0.4) is 0 Å². The van der Waals surface area contributed by atoms with E-state index in [1.54, 1.807) is 0 Å². The van der Waals surface area contributed by atoms with Gasteiger partial charge >= 0.3 is 5.97 Å². The van der Waals surface area contributed by atoms with Crippen molar-refractivity contribution in [1.82, 2.24) is 9.80 Å². The van der Waals surface area contributed by atoms with Gasteiger partial charge in [0.1, 0.15) is 0 Å². The zero-order valence-corrected chi connectivity index (χ0v) is 10.6. The van der Waals surface area contributed by atoms with Crippen LogP contribution in [0.15, 0.2) is 0 Å². The van der Waals surface area contributed by atoms with Gasteiger partial charge in [-0.05, 0) is 26.4 Å². The number of nitrogens with zero attached hydrogens (tertiary/aromatic N) is 2. The maximum atomic E-state index is 11.1. The number of ether oxygens (including phenoxy) is 1. The summed E-state index contributed by atoms with van der Waals surface area (Å²) in [5.74, 6) is -0.0605. The molecule has 0 radical (unpaired) electrons. The van der Waals surface area contributed by atoms with E-state index in [9.17, 15) is 4.79 Å². The molecule has 16 heavy (non-hydrogen) atoms. The summed E-state index contributed by atoms with van der Waals surface area (Å²) in [5, 5.41) is 0. The van der Waals surface area contributed by atoms with Gasteiger partial charge in [0.05, 0.1) is 6.61 Å². The highest BCUT2D eigenvalue weighted by atomic mass is 16.5. The number of rotatable bonds is 6. The minimum Gasteiger partial charge on any atom is -0.466 e. The van der Waals surface area contributed by atoms with E-state index in [1.807, 2.05) is 6.92 Å². The minimum absolute atomic E-state index is 0.0605. The third kappa shape index (κ3) is 4.94. The number of carbonyl (C=O) groups is 1. The van der Waals surface area contributed by atoms with E-state index < -0.39 is 0 Å². The van der Waals surface area contributed by atoms with E-state index >= 15 is 0 Å². The summed E-state index contributed by atoms with van der Waals surface area (Å²) in [7, 11) is 0. The number of carbonyl (C=O) groups excluding carboxylic acids is 1. The average Bonchev–Trinajstić information content (AvgIpc) is 2.30. The molecule has 0 unspecified atom stereocenters. The van der Waals surface area contributed by atoms with Gasteiger partial charge in [-0.15, -0.1) is 0 Å². The number of likely N-dealkylation sites (N-methyl/N-ethyl adjacent to an activating group) is 1. The Balaban J connectivity index is 2.04. The smallest absolute Gasteiger partial charge is 0.305 e. The lowest BCUT2D eigenvalue weighted by molar-refractivity contribution is -0.143. The van der Waals surface area contributed by atoms with Crippen LogP contribution in [0.4, 0.5) is 0 Å². The monoisotopic (exact) mass is 228 g/mol. The summed E-state index contributed by atoms with van der Waals surface area (Å²) in [6.45, 7) is 11.3. The fraction of sp³-hybridized carbons (Fsp3) is 0.917. The topological polar surface area (TPSA) is 32.8 Å². The predicted molar refractivity (Wildman–Crippen MR) is 64.4 cm³/mol. The minimum atomic E-state index is -0.0605. The van der Waals surface area contributed by atoms with Crippen LogP contribution in [0.5, 0.6) is 0 Å². The summed E-state index contributed by atoms with van der Waals surface area (Å²) in [4.78, 5) is 16.0. The molecule has 0 saturated carbocycles. The molecule has 1 aliphatic rings. The van der Waals surface area contributed by atoms with E-state index in [1.165, 1.54) is 0 Å². The molecule has 1 aliphatic heterocycles. The zero-order chi connectivity index (χ0) is 11.8. The first-order valence-corrected chi connectivity index (χ1v) is 6.36. The van der Waals surface area contributed by atoms with Crippen LogP contribution in [0.25, 0.3) is 0 Å². The van der Waals surface area contributed by atoms with Crippen LogP contribution >= 0.6 is 0 Å². The molecule has 0 aromatic carbocycles. The number of hydrogen-bond donors (Lipinski definition) is 0. The van der Waals surface area contributed by atoms with E-state index in [0.29, 0.717) is 13.0 Å². The molecule has 0 aliphatic carbocycles. The summed E-state index contributed by atoms with van der Waals surface area (Å²) in [6.07, 6.45) is 1.48. The Morgan fingerprint density at radius 2 is 1.75 bits per heavy atom. The van der Waals surface area contributed by atoms with Crippen molar-refractivity contribution in [3.8, 4) is 0 Å². The highest BCUT2D eigenvalue weighted by Gasteiger charge is 2.15. The standard InChI is InChI=1S/C12H24N2O2/c1-3-13-8-10-14(11-9-13)7-5-6-12(15)16-4-2/h3-11H2,1-2H3. The molecule has 1 rings (SSSR count). The molecule has 0 aromatic heterocycles. The van der Waals surface area contributed by atoms with E-state index in [2.05, 4.69) is 16.7 Å². The molecular formula is C12H24N2O2. The van der Waals surface area contributed by atoms with Gasteiger partial charge in [-0.1, -0.05) is 6.92 Å². The lowest BCUT2D eigenvalue weighted by Gasteiger charge is -2.33. The van der Waals surface area contributed by atoms with Crippen molar-refractivity contribution < 1.29 is 9.53 Å². The summed E-state index contributed by atoms with van der Waals surface area (Å²) in [6, 6.07) is 0. The summed E-state index contributed by atoms with van der Waals surface area (Å²) in [5.41, 5.74) is 0. The molecule has 1 saturated heterocycles. The molecule has 0 spiro atoms. The molecule has 0 atom stereocenters. The third-order valence-electron chi connectivity index (χ3n) is 3.07. The van der Waals surface area contributed by atoms with Crippen molar-refractivity contribution >= 4 is 5.97 Å². The molecule has 0 amide bonds. The molecule has 94 valence electrons. The van der Waals surface area contributed by atoms with Gasteiger partial charge in [0, 0.05) is 32.6 Å². The van der Waals surface area contributed by atoms with Gasteiger partial charge in [-0.25, -0.2) is 0 Å². The Kier molecular flexibility index (Phi) is 6.42. The fourth-order valence-corrected chi connectivity index (χ4v) is 2.01. The van der Waals surface area contributed by atoms with Gasteiger partial charge in [0.25, 0.3) is 0 Å². The molecule has 1 heterocycles. The third-order valence-corrected chi connectivity index (χ3v) is 3.07. The van der Waals surface area contributed by atoms with Crippen molar-refractivity contribution in [3.05, 3.63) is 0 Å². The lowest BCUT2D eigenvalue weighted by atomic mass is 10.2. The van der Waals surface area contributed by atoms with Crippen molar-refractivity contribution in [2.24, 2.45) is 0 Å². The first kappa shape index (κ1) is 13.5. The SMILES string of the molecule is CCOC(=O)CCCN1CCN(CC)CC1. The average molecular weight is 228 g/mol. The Labute approximate surface area is 98.5 Å². The molecule has 0 N–H and O–H groups in total. The zero-order valence-electron chi connectivity index (χ0n) is 10.6. The Morgan fingerprint density at radius 3 is 2.31 bits per heavy atom. The molecule has 4 nitrogen and oxygen atoms in total. The van der Waals surface area contributed by atoms with Crippen LogP contribution in [-0.4, -0.2) is 61.6 Å². The largest absolute Gasteiger partial charge is 0.466 e. The second-order valence-electron chi connectivity index (χ2n) is 4.18. The highest BCUT2D eigenvalue weighted by molar-refractivity contribution is 5.69. The van der Waals surface area contributed by atoms with Crippen molar-refractivity contribution in [1.29, 1.82) is 0 Å². The van der Waals surface area contributed by atoms with Crippen LogP contribution in [-0.2, 0) is 9.53 Å². The van der Waals surface area contributed by atoms with Crippen molar-refractivity contribution in [3.63, 3.8) is 0 Å². The van der Waals surface area contributed by atoms with Crippen LogP contribution < -0.4 is 0 Å². The van der Waals surface area contributed by atoms with Crippen LogP contribution in [0.2, 0.25) is 0 Å². The van der Waals surface area contributed by atoms with E-state index in [0.717, 1.165) is 45.7 Å².